The first kappa shape index (κ1) is 21.4. The molecule has 0 aliphatic carbocycles. The van der Waals surface area contributed by atoms with Crippen molar-refractivity contribution in [3.8, 4) is 16.9 Å². The summed E-state index contributed by atoms with van der Waals surface area (Å²) in [6.45, 7) is 8.77. The van der Waals surface area contributed by atoms with E-state index in [4.69, 9.17) is 4.74 Å². The van der Waals surface area contributed by atoms with Crippen LogP contribution in [-0.2, 0) is 0 Å². The molecule has 3 rings (SSSR count). The van der Waals surface area contributed by atoms with Gasteiger partial charge in [0.25, 0.3) is 5.69 Å². The van der Waals surface area contributed by atoms with E-state index in [1.54, 1.807) is 25.3 Å². The van der Waals surface area contributed by atoms with Gasteiger partial charge in [-0.25, -0.2) is 0 Å². The molecule has 0 bridgehead atoms. The summed E-state index contributed by atoms with van der Waals surface area (Å²) >= 11 is 0. The molecule has 0 unspecified atom stereocenters. The highest BCUT2D eigenvalue weighted by Gasteiger charge is 2.18. The van der Waals surface area contributed by atoms with Crippen LogP contribution in [0.5, 0.6) is 5.75 Å². The summed E-state index contributed by atoms with van der Waals surface area (Å²) in [5.74, 6) is 1.37. The number of nitro groups is 1. The van der Waals surface area contributed by atoms with Crippen molar-refractivity contribution in [3.05, 3.63) is 81.9 Å². The molecule has 0 aromatic heterocycles. The number of nitro benzene ring substituents is 1. The van der Waals surface area contributed by atoms with Crippen LogP contribution >= 0.6 is 0 Å². The van der Waals surface area contributed by atoms with Crippen LogP contribution in [0.15, 0.2) is 60.7 Å². The zero-order valence-electron chi connectivity index (χ0n) is 18.1. The summed E-state index contributed by atoms with van der Waals surface area (Å²) in [5, 5.41) is 14.6. The molecule has 0 aliphatic heterocycles. The van der Waals surface area contributed by atoms with Gasteiger partial charge in [0.15, 0.2) is 0 Å². The van der Waals surface area contributed by atoms with E-state index < -0.39 is 0 Å². The highest BCUT2D eigenvalue weighted by molar-refractivity contribution is 5.80. The third-order valence-corrected chi connectivity index (χ3v) is 5.23. The lowest BCUT2D eigenvalue weighted by atomic mass is 9.85. The normalized spacial score (nSPS) is 11.0. The average molecular weight is 405 g/mol. The second kappa shape index (κ2) is 8.99. The summed E-state index contributed by atoms with van der Waals surface area (Å²) < 4.78 is 5.53. The number of benzene rings is 3. The minimum absolute atomic E-state index is 0.0235. The van der Waals surface area contributed by atoms with Crippen molar-refractivity contribution >= 4 is 17.1 Å². The first-order chi connectivity index (χ1) is 14.3. The van der Waals surface area contributed by atoms with E-state index >= 15 is 0 Å². The van der Waals surface area contributed by atoms with Crippen LogP contribution in [0.2, 0.25) is 0 Å². The molecule has 5 nitrogen and oxygen atoms in total. The number of ether oxygens (including phenoxy) is 1. The first-order valence-corrected chi connectivity index (χ1v) is 10.1. The smallest absolute Gasteiger partial charge is 0.292 e. The van der Waals surface area contributed by atoms with Crippen molar-refractivity contribution in [2.75, 3.05) is 12.4 Å². The molecule has 3 aromatic rings. The largest absolute Gasteiger partial charge is 0.495 e. The van der Waals surface area contributed by atoms with Gasteiger partial charge in [0.2, 0.25) is 0 Å². The van der Waals surface area contributed by atoms with Crippen LogP contribution in [-0.4, -0.2) is 12.0 Å². The SMILES string of the molecule is COc1ccc(-c2c(C(C)C)cccc2C(C)C)cc1Nc1ccccc1[N+](=O)[O-]. The monoisotopic (exact) mass is 404 g/mol. The Kier molecular flexibility index (Phi) is 6.40. The van der Waals surface area contributed by atoms with E-state index in [1.165, 1.54) is 22.8 Å². The molecule has 0 saturated carbocycles. The number of methoxy groups -OCH3 is 1. The topological polar surface area (TPSA) is 64.4 Å². The van der Waals surface area contributed by atoms with Gasteiger partial charge >= 0.3 is 0 Å². The van der Waals surface area contributed by atoms with Crippen molar-refractivity contribution in [1.29, 1.82) is 0 Å². The molecule has 156 valence electrons. The van der Waals surface area contributed by atoms with Gasteiger partial charge in [-0.05, 0) is 52.3 Å². The fraction of sp³-hybridized carbons (Fsp3) is 0.280. The van der Waals surface area contributed by atoms with Gasteiger partial charge in [0.05, 0.1) is 17.7 Å². The van der Waals surface area contributed by atoms with Crippen molar-refractivity contribution < 1.29 is 9.66 Å². The fourth-order valence-corrected chi connectivity index (χ4v) is 3.73. The van der Waals surface area contributed by atoms with E-state index in [-0.39, 0.29) is 10.6 Å². The molecule has 0 radical (unpaired) electrons. The number of nitrogens with zero attached hydrogens (tertiary/aromatic N) is 1. The van der Waals surface area contributed by atoms with Crippen LogP contribution in [0, 0.1) is 10.1 Å². The quantitative estimate of drug-likeness (QED) is 0.332. The Morgan fingerprint density at radius 3 is 2.07 bits per heavy atom. The van der Waals surface area contributed by atoms with Gasteiger partial charge in [-0.15, -0.1) is 0 Å². The summed E-state index contributed by atoms with van der Waals surface area (Å²) in [6.07, 6.45) is 0. The third kappa shape index (κ3) is 4.30. The second-order valence-electron chi connectivity index (χ2n) is 7.94. The lowest BCUT2D eigenvalue weighted by molar-refractivity contribution is -0.383. The van der Waals surface area contributed by atoms with Crippen LogP contribution in [0.3, 0.4) is 0 Å². The molecule has 1 N–H and O–H groups in total. The van der Waals surface area contributed by atoms with E-state index in [1.807, 2.05) is 12.1 Å². The minimum Gasteiger partial charge on any atom is -0.495 e. The maximum absolute atomic E-state index is 11.4. The Morgan fingerprint density at radius 2 is 1.50 bits per heavy atom. The minimum atomic E-state index is -0.385. The summed E-state index contributed by atoms with van der Waals surface area (Å²) in [4.78, 5) is 11.0. The van der Waals surface area contributed by atoms with E-state index in [0.29, 0.717) is 29.0 Å². The van der Waals surface area contributed by atoms with Gasteiger partial charge in [-0.3, -0.25) is 10.1 Å². The Hall–Kier alpha value is -3.34. The Balaban J connectivity index is 2.17. The molecule has 0 fully saturated rings. The summed E-state index contributed by atoms with van der Waals surface area (Å²) in [5.41, 5.74) is 5.99. The predicted octanol–water partition coefficient (Wildman–Crippen LogP) is 7.26. The van der Waals surface area contributed by atoms with Crippen LogP contribution in [0.1, 0.15) is 50.7 Å². The molecule has 0 atom stereocenters. The van der Waals surface area contributed by atoms with Gasteiger partial charge < -0.3 is 10.1 Å². The van der Waals surface area contributed by atoms with Gasteiger partial charge in [0.1, 0.15) is 11.4 Å². The Labute approximate surface area is 177 Å². The van der Waals surface area contributed by atoms with E-state index in [0.717, 1.165) is 5.56 Å². The van der Waals surface area contributed by atoms with Crippen LogP contribution in [0.4, 0.5) is 17.1 Å². The molecular weight excluding hydrogens is 376 g/mol. The Morgan fingerprint density at radius 1 is 0.867 bits per heavy atom. The number of nitrogens with one attached hydrogen (secondary N) is 1. The molecule has 0 aliphatic rings. The summed E-state index contributed by atoms with van der Waals surface area (Å²) in [7, 11) is 1.60. The lowest BCUT2D eigenvalue weighted by Gasteiger charge is -2.21. The average Bonchev–Trinajstić information content (AvgIpc) is 2.73. The molecule has 0 spiro atoms. The van der Waals surface area contributed by atoms with Crippen molar-refractivity contribution in [3.63, 3.8) is 0 Å². The molecule has 0 amide bonds. The van der Waals surface area contributed by atoms with Crippen molar-refractivity contribution in [1.82, 2.24) is 0 Å². The van der Waals surface area contributed by atoms with E-state index in [2.05, 4.69) is 57.3 Å². The van der Waals surface area contributed by atoms with Gasteiger partial charge in [-0.2, -0.15) is 0 Å². The molecule has 0 heterocycles. The second-order valence-corrected chi connectivity index (χ2v) is 7.94. The molecule has 30 heavy (non-hydrogen) atoms. The standard InChI is InChI=1S/C25H28N2O3/c1-16(2)19-9-8-10-20(17(3)4)25(19)18-13-14-24(30-5)22(15-18)26-21-11-6-7-12-23(21)27(28)29/h6-17,26H,1-5H3. The fourth-order valence-electron chi connectivity index (χ4n) is 3.73. The summed E-state index contributed by atoms with van der Waals surface area (Å²) in [6, 6.07) is 19.1. The predicted molar refractivity (Wildman–Crippen MR) is 123 cm³/mol. The third-order valence-electron chi connectivity index (χ3n) is 5.23. The maximum atomic E-state index is 11.4. The van der Waals surface area contributed by atoms with Gasteiger partial charge in [-0.1, -0.05) is 64.1 Å². The van der Waals surface area contributed by atoms with Crippen molar-refractivity contribution in [2.45, 2.75) is 39.5 Å². The number of rotatable bonds is 7. The van der Waals surface area contributed by atoms with Crippen molar-refractivity contribution in [2.24, 2.45) is 0 Å². The molecule has 0 saturated heterocycles. The number of para-hydroxylation sites is 2. The van der Waals surface area contributed by atoms with Crippen LogP contribution < -0.4 is 10.1 Å². The number of hydrogen-bond donors (Lipinski definition) is 1. The molecule has 5 heteroatoms. The maximum Gasteiger partial charge on any atom is 0.292 e. The van der Waals surface area contributed by atoms with Crippen LogP contribution in [0.25, 0.3) is 11.1 Å². The van der Waals surface area contributed by atoms with E-state index in [9.17, 15) is 10.1 Å². The zero-order chi connectivity index (χ0) is 21.8. The van der Waals surface area contributed by atoms with Gasteiger partial charge in [0, 0.05) is 6.07 Å². The molecule has 3 aromatic carbocycles. The highest BCUT2D eigenvalue weighted by atomic mass is 16.6. The highest BCUT2D eigenvalue weighted by Crippen LogP contribution is 2.40. The number of anilines is 2. The number of hydrogen-bond acceptors (Lipinski definition) is 4. The lowest BCUT2D eigenvalue weighted by Crippen LogP contribution is -2.02. The zero-order valence-corrected chi connectivity index (χ0v) is 18.1. The molecular formula is C25H28N2O3. The Bertz CT molecular complexity index is 1030. The first-order valence-electron chi connectivity index (χ1n) is 10.1.